The van der Waals surface area contributed by atoms with Gasteiger partial charge >= 0.3 is 0 Å². The van der Waals surface area contributed by atoms with Gasteiger partial charge in [0.25, 0.3) is 0 Å². The maximum absolute atomic E-state index is 6.05. The lowest BCUT2D eigenvalue weighted by Gasteiger charge is -2.32. The van der Waals surface area contributed by atoms with Crippen molar-refractivity contribution in [1.82, 2.24) is 29.4 Å². The average Bonchev–Trinajstić information content (AvgIpc) is 3.42. The Labute approximate surface area is 227 Å². The number of anilines is 1. The van der Waals surface area contributed by atoms with Gasteiger partial charge in [-0.3, -0.25) is 4.90 Å². The molecule has 1 saturated heterocycles. The normalized spacial score (nSPS) is 14.8. The Bertz CT molecular complexity index is 1750. The minimum absolute atomic E-state index is 0.445. The fourth-order valence-corrected chi connectivity index (χ4v) is 5.59. The van der Waals surface area contributed by atoms with Gasteiger partial charge in [0.1, 0.15) is 5.52 Å². The molecule has 7 nitrogen and oxygen atoms in total. The molecule has 0 atom stereocenters. The zero-order chi connectivity index (χ0) is 26.2. The maximum atomic E-state index is 6.05. The number of pyridine rings is 1. The Hall–Kier alpha value is -4.62. The molecule has 7 rings (SSSR count). The fourth-order valence-electron chi connectivity index (χ4n) is 5.59. The van der Waals surface area contributed by atoms with Crippen LogP contribution < -0.4 is 5.73 Å². The van der Waals surface area contributed by atoms with Crippen molar-refractivity contribution in [2.24, 2.45) is 0 Å². The van der Waals surface area contributed by atoms with E-state index in [1.807, 2.05) is 61.1 Å². The average molecular weight is 512 g/mol. The topological polar surface area (TPSA) is 85.8 Å². The van der Waals surface area contributed by atoms with Crippen molar-refractivity contribution >= 4 is 27.9 Å². The number of hydrogen-bond donors (Lipinski definition) is 1. The number of nitrogens with zero attached hydrogens (tertiary/aromatic N) is 6. The molecule has 0 radical (unpaired) electrons. The molecule has 0 amide bonds. The summed E-state index contributed by atoms with van der Waals surface area (Å²) >= 11 is 0. The second-order valence-corrected chi connectivity index (χ2v) is 10.2. The van der Waals surface area contributed by atoms with Crippen LogP contribution in [0.25, 0.3) is 44.7 Å². The zero-order valence-electron chi connectivity index (χ0n) is 21.6. The number of hydrogen-bond acceptors (Lipinski definition) is 6. The van der Waals surface area contributed by atoms with Crippen LogP contribution in [0.2, 0.25) is 0 Å². The molecule has 0 bridgehead atoms. The molecular formula is C32H29N7. The molecule has 3 aromatic carbocycles. The predicted octanol–water partition coefficient (Wildman–Crippen LogP) is 6.13. The Morgan fingerprint density at radius 1 is 0.718 bits per heavy atom. The molecule has 0 saturated carbocycles. The highest BCUT2D eigenvalue weighted by atomic mass is 15.2. The highest BCUT2D eigenvalue weighted by Crippen LogP contribution is 2.32. The van der Waals surface area contributed by atoms with E-state index in [-0.39, 0.29) is 0 Å². The van der Waals surface area contributed by atoms with Crippen LogP contribution in [-0.4, -0.2) is 42.5 Å². The molecule has 0 aliphatic carbocycles. The number of nitrogen functional groups attached to an aromatic ring is 1. The lowest BCUT2D eigenvalue weighted by Crippen LogP contribution is -2.34. The molecule has 192 valence electrons. The van der Waals surface area contributed by atoms with E-state index >= 15 is 0 Å². The van der Waals surface area contributed by atoms with Gasteiger partial charge in [-0.05, 0) is 48.7 Å². The Kier molecular flexibility index (Phi) is 5.98. The number of imidazole rings is 1. The standard InChI is InChI=1S/C32H29N7/c33-25-12-13-27-29(19-25)37-31(30(36-27)23-5-2-1-3-6-23)24-10-8-22(9-11-24)20-38-17-14-26(15-18-38)39-21-35-28-7-4-16-34-32(28)39/h1-13,16,19,21,26H,14-15,17-18,20,33H2. The van der Waals surface area contributed by atoms with Crippen molar-refractivity contribution in [2.75, 3.05) is 18.8 Å². The number of rotatable bonds is 5. The fraction of sp³-hybridized carbons (Fsp3) is 0.188. The maximum Gasteiger partial charge on any atom is 0.160 e. The number of piperidine rings is 1. The molecule has 1 fully saturated rings. The molecule has 3 aromatic heterocycles. The van der Waals surface area contributed by atoms with Gasteiger partial charge in [-0.25, -0.2) is 19.9 Å². The van der Waals surface area contributed by atoms with Gasteiger partial charge in [-0.1, -0.05) is 54.6 Å². The van der Waals surface area contributed by atoms with Crippen LogP contribution in [0.3, 0.4) is 0 Å². The van der Waals surface area contributed by atoms with E-state index in [0.29, 0.717) is 11.7 Å². The molecule has 0 unspecified atom stereocenters. The van der Waals surface area contributed by atoms with E-state index in [9.17, 15) is 0 Å². The van der Waals surface area contributed by atoms with E-state index in [4.69, 9.17) is 15.7 Å². The number of aromatic nitrogens is 5. The van der Waals surface area contributed by atoms with Gasteiger partial charge in [0.2, 0.25) is 0 Å². The van der Waals surface area contributed by atoms with Gasteiger partial charge in [0.05, 0.1) is 28.7 Å². The summed E-state index contributed by atoms with van der Waals surface area (Å²) in [6, 6.07) is 29.1. The van der Waals surface area contributed by atoms with Crippen LogP contribution in [0.1, 0.15) is 24.4 Å². The first-order chi connectivity index (χ1) is 19.2. The van der Waals surface area contributed by atoms with Crippen LogP contribution in [0, 0.1) is 0 Å². The first-order valence-corrected chi connectivity index (χ1v) is 13.4. The number of benzene rings is 3. The van der Waals surface area contributed by atoms with E-state index in [2.05, 4.69) is 55.8 Å². The predicted molar refractivity (Wildman–Crippen MR) is 156 cm³/mol. The van der Waals surface area contributed by atoms with Crippen molar-refractivity contribution < 1.29 is 0 Å². The molecule has 1 aliphatic heterocycles. The third kappa shape index (κ3) is 4.62. The largest absolute Gasteiger partial charge is 0.399 e. The van der Waals surface area contributed by atoms with Gasteiger partial charge in [0, 0.05) is 48.7 Å². The lowest BCUT2D eigenvalue weighted by atomic mass is 10.0. The van der Waals surface area contributed by atoms with Crippen molar-refractivity contribution in [3.05, 3.63) is 103 Å². The van der Waals surface area contributed by atoms with Gasteiger partial charge < -0.3 is 10.3 Å². The van der Waals surface area contributed by atoms with E-state index in [1.165, 1.54) is 5.56 Å². The summed E-state index contributed by atoms with van der Waals surface area (Å²) < 4.78 is 2.25. The molecule has 2 N–H and O–H groups in total. The van der Waals surface area contributed by atoms with Crippen molar-refractivity contribution in [2.45, 2.75) is 25.4 Å². The second-order valence-electron chi connectivity index (χ2n) is 10.2. The summed E-state index contributed by atoms with van der Waals surface area (Å²) in [6.45, 7) is 3.03. The number of likely N-dealkylation sites (tertiary alicyclic amines) is 1. The smallest absolute Gasteiger partial charge is 0.160 e. The van der Waals surface area contributed by atoms with Gasteiger partial charge in [-0.15, -0.1) is 0 Å². The summed E-state index contributed by atoms with van der Waals surface area (Å²) in [5.74, 6) is 0. The first-order valence-electron chi connectivity index (χ1n) is 13.4. The van der Waals surface area contributed by atoms with Gasteiger partial charge in [0.15, 0.2) is 5.65 Å². The van der Waals surface area contributed by atoms with Gasteiger partial charge in [-0.2, -0.15) is 0 Å². The highest BCUT2D eigenvalue weighted by molar-refractivity contribution is 5.87. The molecule has 1 aliphatic rings. The van der Waals surface area contributed by atoms with E-state index < -0.39 is 0 Å². The van der Waals surface area contributed by atoms with Crippen LogP contribution in [0.4, 0.5) is 5.69 Å². The Balaban J connectivity index is 1.10. The van der Waals surface area contributed by atoms with Crippen molar-refractivity contribution in [3.63, 3.8) is 0 Å². The Morgan fingerprint density at radius 3 is 2.26 bits per heavy atom. The summed E-state index contributed by atoms with van der Waals surface area (Å²) in [5, 5.41) is 0. The van der Waals surface area contributed by atoms with Crippen molar-refractivity contribution in [1.29, 1.82) is 0 Å². The van der Waals surface area contributed by atoms with Crippen LogP contribution in [-0.2, 0) is 6.54 Å². The van der Waals surface area contributed by atoms with Crippen LogP contribution >= 0.6 is 0 Å². The number of fused-ring (bicyclic) bond motifs is 2. The minimum atomic E-state index is 0.445. The summed E-state index contributed by atoms with van der Waals surface area (Å²) in [7, 11) is 0. The first kappa shape index (κ1) is 23.5. The summed E-state index contributed by atoms with van der Waals surface area (Å²) in [4.78, 5) is 21.6. The molecule has 6 aromatic rings. The monoisotopic (exact) mass is 511 g/mol. The summed E-state index contributed by atoms with van der Waals surface area (Å²) in [6.07, 6.45) is 5.98. The van der Waals surface area contributed by atoms with Crippen LogP contribution in [0.15, 0.2) is 97.5 Å². The lowest BCUT2D eigenvalue weighted by molar-refractivity contribution is 0.181. The third-order valence-corrected chi connectivity index (χ3v) is 7.65. The molecule has 0 spiro atoms. The summed E-state index contributed by atoms with van der Waals surface area (Å²) in [5.41, 5.74) is 15.5. The van der Waals surface area contributed by atoms with E-state index in [1.54, 1.807) is 0 Å². The number of nitrogens with two attached hydrogens (primary N) is 1. The second kappa shape index (κ2) is 9.93. The Morgan fingerprint density at radius 2 is 1.46 bits per heavy atom. The van der Waals surface area contributed by atoms with E-state index in [0.717, 1.165) is 77.2 Å². The molecular weight excluding hydrogens is 482 g/mol. The minimum Gasteiger partial charge on any atom is -0.399 e. The SMILES string of the molecule is Nc1ccc2nc(-c3ccccc3)c(-c3ccc(CN4CCC(n5cnc6cccnc65)CC4)cc3)nc2c1. The van der Waals surface area contributed by atoms with Crippen LogP contribution in [0.5, 0.6) is 0 Å². The third-order valence-electron chi connectivity index (χ3n) is 7.65. The molecule has 4 heterocycles. The molecule has 7 heteroatoms. The molecule has 39 heavy (non-hydrogen) atoms. The zero-order valence-corrected chi connectivity index (χ0v) is 21.6. The highest BCUT2D eigenvalue weighted by Gasteiger charge is 2.22. The quantitative estimate of drug-likeness (QED) is 0.280. The van der Waals surface area contributed by atoms with Crippen molar-refractivity contribution in [3.8, 4) is 22.5 Å².